The third-order valence-corrected chi connectivity index (χ3v) is 4.33. The van der Waals surface area contributed by atoms with Gasteiger partial charge in [-0.3, -0.25) is 9.40 Å². The number of nitrogens with one attached hydrogen (secondary N) is 3. The Morgan fingerprint density at radius 1 is 1.13 bits per heavy atom. The van der Waals surface area contributed by atoms with Gasteiger partial charge in [-0.25, -0.2) is 26.6 Å². The summed E-state index contributed by atoms with van der Waals surface area (Å²) in [5.41, 5.74) is 1.29. The predicted octanol–water partition coefficient (Wildman–Crippen LogP) is 3.24. The summed E-state index contributed by atoms with van der Waals surface area (Å²) in [5.74, 6) is -1.00. The van der Waals surface area contributed by atoms with Crippen molar-refractivity contribution in [3.63, 3.8) is 0 Å². The van der Waals surface area contributed by atoms with Crippen LogP contribution in [-0.2, 0) is 16.6 Å². The third kappa shape index (κ3) is 5.59. The fourth-order valence-electron chi connectivity index (χ4n) is 2.52. The number of hydrogen-bond acceptors (Lipinski definition) is 7. The molecule has 3 aromatic rings. The second-order valence-corrected chi connectivity index (χ2v) is 8.05. The lowest BCUT2D eigenvalue weighted by Gasteiger charge is -2.13. The fraction of sp³-hybridized carbons (Fsp3) is 0.235. The van der Waals surface area contributed by atoms with Crippen LogP contribution in [0.1, 0.15) is 5.69 Å². The smallest absolute Gasteiger partial charge is 0.257 e. The van der Waals surface area contributed by atoms with Crippen LogP contribution in [0.2, 0.25) is 0 Å². The van der Waals surface area contributed by atoms with Crippen LogP contribution in [0.4, 0.5) is 42.0 Å². The van der Waals surface area contributed by atoms with E-state index in [0.29, 0.717) is 11.4 Å². The number of nitrogens with zero attached hydrogens (tertiary/aromatic N) is 4. The SMILES string of the molecule is Cc1nn(CC(F)F)cc1Nc1ncc(F)c(Nc2ccccc2NS(C)(=O)=O)n1. The van der Waals surface area contributed by atoms with Crippen molar-refractivity contribution in [3.05, 3.63) is 48.2 Å². The molecule has 2 aromatic heterocycles. The number of anilines is 5. The van der Waals surface area contributed by atoms with Gasteiger partial charge in [0.1, 0.15) is 6.54 Å². The second-order valence-electron chi connectivity index (χ2n) is 6.30. The van der Waals surface area contributed by atoms with E-state index in [4.69, 9.17) is 0 Å². The lowest BCUT2D eigenvalue weighted by molar-refractivity contribution is 0.121. The predicted molar refractivity (Wildman–Crippen MR) is 106 cm³/mol. The van der Waals surface area contributed by atoms with Crippen LogP contribution in [0.5, 0.6) is 0 Å². The molecular formula is C17H18F3N7O2S. The molecule has 30 heavy (non-hydrogen) atoms. The summed E-state index contributed by atoms with van der Waals surface area (Å²) < 4.78 is 65.8. The van der Waals surface area contributed by atoms with Gasteiger partial charge >= 0.3 is 0 Å². The zero-order chi connectivity index (χ0) is 21.9. The van der Waals surface area contributed by atoms with Gasteiger partial charge in [-0.05, 0) is 19.1 Å². The number of aromatic nitrogens is 4. The number of rotatable bonds is 8. The van der Waals surface area contributed by atoms with Gasteiger partial charge in [-0.1, -0.05) is 12.1 Å². The molecule has 0 amide bonds. The normalized spacial score (nSPS) is 11.5. The standard InChI is InChI=1S/C17H18F3N7O2S/c1-10-14(8-27(25-10)9-15(19)20)23-17-21-7-11(18)16(24-17)22-12-5-3-4-6-13(12)26-30(2,28)29/h3-8,15,26H,9H2,1-2H3,(H2,21,22,23,24). The van der Waals surface area contributed by atoms with Crippen LogP contribution >= 0.6 is 0 Å². The molecule has 0 radical (unpaired) electrons. The summed E-state index contributed by atoms with van der Waals surface area (Å²) in [4.78, 5) is 7.88. The molecule has 0 aliphatic rings. The first-order valence-corrected chi connectivity index (χ1v) is 10.5. The molecule has 13 heteroatoms. The van der Waals surface area contributed by atoms with Gasteiger partial charge in [0.25, 0.3) is 6.43 Å². The van der Waals surface area contributed by atoms with Crippen LogP contribution in [0.15, 0.2) is 36.7 Å². The highest BCUT2D eigenvalue weighted by Gasteiger charge is 2.14. The lowest BCUT2D eigenvalue weighted by Crippen LogP contribution is -2.11. The lowest BCUT2D eigenvalue weighted by atomic mass is 10.2. The molecule has 0 bridgehead atoms. The number of aryl methyl sites for hydroxylation is 1. The highest BCUT2D eigenvalue weighted by Crippen LogP contribution is 2.27. The average molecular weight is 441 g/mol. The van der Waals surface area contributed by atoms with Gasteiger partial charge in [-0.15, -0.1) is 0 Å². The number of hydrogen-bond donors (Lipinski definition) is 3. The molecule has 0 saturated heterocycles. The minimum absolute atomic E-state index is 0.00727. The topological polar surface area (TPSA) is 114 Å². The van der Waals surface area contributed by atoms with Gasteiger partial charge < -0.3 is 10.6 Å². The maximum Gasteiger partial charge on any atom is 0.257 e. The second kappa shape index (κ2) is 8.57. The summed E-state index contributed by atoms with van der Waals surface area (Å²) in [5, 5.41) is 9.49. The minimum Gasteiger partial charge on any atom is -0.336 e. The number of alkyl halides is 2. The van der Waals surface area contributed by atoms with Crippen molar-refractivity contribution in [2.45, 2.75) is 19.9 Å². The highest BCUT2D eigenvalue weighted by atomic mass is 32.2. The zero-order valence-corrected chi connectivity index (χ0v) is 16.7. The molecule has 0 aliphatic heterocycles. The van der Waals surface area contributed by atoms with Gasteiger partial charge in [-0.2, -0.15) is 10.1 Å². The van der Waals surface area contributed by atoms with E-state index in [1.807, 2.05) is 0 Å². The van der Waals surface area contributed by atoms with Crippen molar-refractivity contribution in [3.8, 4) is 0 Å². The van der Waals surface area contributed by atoms with Gasteiger partial charge in [0.2, 0.25) is 16.0 Å². The molecule has 160 valence electrons. The van der Waals surface area contributed by atoms with Crippen molar-refractivity contribution >= 4 is 38.9 Å². The van der Waals surface area contributed by atoms with Crippen LogP contribution in [0.25, 0.3) is 0 Å². The summed E-state index contributed by atoms with van der Waals surface area (Å²) in [6.07, 6.45) is 0.722. The average Bonchev–Trinajstić information content (AvgIpc) is 2.96. The van der Waals surface area contributed by atoms with E-state index in [9.17, 15) is 21.6 Å². The summed E-state index contributed by atoms with van der Waals surface area (Å²) in [6.45, 7) is 1.05. The summed E-state index contributed by atoms with van der Waals surface area (Å²) in [7, 11) is -3.55. The van der Waals surface area contributed by atoms with E-state index in [0.717, 1.165) is 17.1 Å². The van der Waals surface area contributed by atoms with Crippen LogP contribution < -0.4 is 15.4 Å². The van der Waals surface area contributed by atoms with Gasteiger partial charge in [0.05, 0.1) is 35.2 Å². The van der Waals surface area contributed by atoms with E-state index in [-0.39, 0.29) is 23.1 Å². The van der Waals surface area contributed by atoms with E-state index >= 15 is 0 Å². The first kappa shape index (κ1) is 21.4. The first-order chi connectivity index (χ1) is 14.1. The van der Waals surface area contributed by atoms with Crippen LogP contribution in [-0.4, -0.2) is 40.8 Å². The number of halogens is 3. The highest BCUT2D eigenvalue weighted by molar-refractivity contribution is 7.92. The number of para-hydroxylation sites is 2. The van der Waals surface area contributed by atoms with E-state index in [2.05, 4.69) is 30.4 Å². The largest absolute Gasteiger partial charge is 0.336 e. The molecule has 3 rings (SSSR count). The van der Waals surface area contributed by atoms with Crippen molar-refractivity contribution in [2.24, 2.45) is 0 Å². The van der Waals surface area contributed by atoms with Crippen LogP contribution in [0.3, 0.4) is 0 Å². The fourth-order valence-corrected chi connectivity index (χ4v) is 3.10. The molecule has 0 fully saturated rings. The minimum atomic E-state index is -3.55. The quantitative estimate of drug-likeness (QED) is 0.492. The molecule has 0 atom stereocenters. The van der Waals surface area contributed by atoms with E-state index in [1.54, 1.807) is 25.1 Å². The Hall–Kier alpha value is -3.35. The molecular weight excluding hydrogens is 423 g/mol. The number of sulfonamides is 1. The van der Waals surface area contributed by atoms with E-state index < -0.39 is 28.8 Å². The maximum absolute atomic E-state index is 14.2. The molecule has 0 spiro atoms. The molecule has 0 unspecified atom stereocenters. The first-order valence-electron chi connectivity index (χ1n) is 8.56. The Morgan fingerprint density at radius 2 is 1.83 bits per heavy atom. The summed E-state index contributed by atoms with van der Waals surface area (Å²) in [6, 6.07) is 6.29. The third-order valence-electron chi connectivity index (χ3n) is 3.74. The summed E-state index contributed by atoms with van der Waals surface area (Å²) >= 11 is 0. The maximum atomic E-state index is 14.2. The molecule has 9 nitrogen and oxygen atoms in total. The Labute approximate surface area is 170 Å². The molecule has 1 aromatic carbocycles. The van der Waals surface area contributed by atoms with Crippen LogP contribution in [0, 0.1) is 12.7 Å². The molecule has 2 heterocycles. The molecule has 3 N–H and O–H groups in total. The van der Waals surface area contributed by atoms with Gasteiger partial charge in [0, 0.05) is 6.20 Å². The van der Waals surface area contributed by atoms with Crippen molar-refractivity contribution < 1.29 is 21.6 Å². The van der Waals surface area contributed by atoms with Crippen molar-refractivity contribution in [1.82, 2.24) is 19.7 Å². The Bertz CT molecular complexity index is 1150. The van der Waals surface area contributed by atoms with E-state index in [1.165, 1.54) is 12.3 Å². The van der Waals surface area contributed by atoms with Crippen molar-refractivity contribution in [1.29, 1.82) is 0 Å². The zero-order valence-electron chi connectivity index (χ0n) is 15.9. The number of benzene rings is 1. The monoisotopic (exact) mass is 441 g/mol. The Morgan fingerprint density at radius 3 is 2.50 bits per heavy atom. The van der Waals surface area contributed by atoms with Gasteiger partial charge in [0.15, 0.2) is 11.6 Å². The molecule has 0 aliphatic carbocycles. The van der Waals surface area contributed by atoms with Crippen molar-refractivity contribution in [2.75, 3.05) is 21.6 Å². The Balaban J connectivity index is 1.84. The Kier molecular flexibility index (Phi) is 6.10. The molecule has 0 saturated carbocycles.